The molecular weight excluding hydrogens is 394 g/mol. The van der Waals surface area contributed by atoms with Gasteiger partial charge in [-0.1, -0.05) is 12.1 Å². The lowest BCUT2D eigenvalue weighted by molar-refractivity contribution is -0.944. The Balaban J connectivity index is 1.40. The first-order chi connectivity index (χ1) is 15.2. The normalized spacial score (nSPS) is 21.0. The summed E-state index contributed by atoms with van der Waals surface area (Å²) in [6, 6.07) is 16.4. The molecule has 1 N–H and O–H groups in total. The van der Waals surface area contributed by atoms with Crippen molar-refractivity contribution in [1.29, 1.82) is 0 Å². The molecule has 0 spiro atoms. The highest BCUT2D eigenvalue weighted by Crippen LogP contribution is 2.30. The van der Waals surface area contributed by atoms with E-state index in [0.717, 1.165) is 30.2 Å². The Kier molecular flexibility index (Phi) is 5.53. The molecule has 1 fully saturated rings. The molecule has 2 aliphatic heterocycles. The van der Waals surface area contributed by atoms with Crippen molar-refractivity contribution in [3.8, 4) is 5.75 Å². The molecule has 1 saturated heterocycles. The monoisotopic (exact) mass is 422 g/mol. The van der Waals surface area contributed by atoms with E-state index in [1.807, 2.05) is 18.2 Å². The van der Waals surface area contributed by atoms with Crippen LogP contribution in [-0.2, 0) is 17.8 Å². The number of hydrogen-bond acceptors (Lipinski definition) is 4. The topological polar surface area (TPSA) is 61.3 Å². The van der Waals surface area contributed by atoms with Gasteiger partial charge in [0.1, 0.15) is 12.3 Å². The van der Waals surface area contributed by atoms with E-state index in [1.54, 1.807) is 18.1 Å². The summed E-state index contributed by atoms with van der Waals surface area (Å²) >= 11 is 0. The van der Waals surface area contributed by atoms with Gasteiger partial charge in [-0.05, 0) is 36.4 Å². The van der Waals surface area contributed by atoms with Crippen LogP contribution in [0.4, 0.5) is 0 Å². The minimum atomic E-state index is -0.0571. The molecule has 2 aliphatic rings. The van der Waals surface area contributed by atoms with Crippen LogP contribution in [0.25, 0.3) is 0 Å². The number of para-hydroxylation sites is 1. The number of nitrogens with zero attached hydrogens (tertiary/aromatic N) is 2. The second-order valence-corrected chi connectivity index (χ2v) is 8.06. The molecule has 4 heterocycles. The van der Waals surface area contributed by atoms with Gasteiger partial charge in [0, 0.05) is 19.3 Å². The van der Waals surface area contributed by atoms with Crippen molar-refractivity contribution in [2.75, 3.05) is 40.0 Å². The molecular formula is C24H28N3O4+. The van der Waals surface area contributed by atoms with Crippen LogP contribution in [0.2, 0.25) is 0 Å². The summed E-state index contributed by atoms with van der Waals surface area (Å²) in [5.74, 6) is 2.07. The van der Waals surface area contributed by atoms with Gasteiger partial charge in [-0.2, -0.15) is 0 Å². The molecule has 2 aromatic heterocycles. The number of rotatable bonds is 5. The Hall–Kier alpha value is -3.03. The predicted molar refractivity (Wildman–Crippen MR) is 114 cm³/mol. The SMILES string of the molecule is COc1ccccc1[C@H]1c2cccn2CC[NH+]1Cc1ccc(C(=O)N2CCOCC2)o1. The number of methoxy groups -OCH3 is 1. The standard InChI is InChI=1S/C24H27N3O4/c1-29-21-7-3-2-5-19(21)23-20-6-4-10-25(20)11-12-27(23)17-18-8-9-22(31-18)24(28)26-13-15-30-16-14-26/h2-10,23H,11-17H2,1H3/p+1/t23-/m0/s1. The first-order valence-corrected chi connectivity index (χ1v) is 10.8. The van der Waals surface area contributed by atoms with Gasteiger partial charge in [0.2, 0.25) is 0 Å². The van der Waals surface area contributed by atoms with E-state index in [0.29, 0.717) is 38.6 Å². The molecule has 0 saturated carbocycles. The first kappa shape index (κ1) is 19.9. The highest BCUT2D eigenvalue weighted by atomic mass is 16.5. The molecule has 3 aromatic rings. The fraction of sp³-hybridized carbons (Fsp3) is 0.375. The van der Waals surface area contributed by atoms with Crippen LogP contribution in [0.1, 0.15) is 33.6 Å². The van der Waals surface area contributed by atoms with Gasteiger partial charge in [-0.15, -0.1) is 0 Å². The number of hydrogen-bond donors (Lipinski definition) is 1. The van der Waals surface area contributed by atoms with Crippen LogP contribution >= 0.6 is 0 Å². The van der Waals surface area contributed by atoms with Gasteiger partial charge >= 0.3 is 0 Å². The van der Waals surface area contributed by atoms with E-state index < -0.39 is 0 Å². The summed E-state index contributed by atoms with van der Waals surface area (Å²) in [7, 11) is 1.72. The second-order valence-electron chi connectivity index (χ2n) is 8.06. The van der Waals surface area contributed by atoms with Crippen molar-refractivity contribution in [2.24, 2.45) is 0 Å². The molecule has 7 heteroatoms. The van der Waals surface area contributed by atoms with E-state index in [9.17, 15) is 4.79 Å². The molecule has 5 rings (SSSR count). The molecule has 1 aromatic carbocycles. The van der Waals surface area contributed by atoms with Crippen LogP contribution in [-0.4, -0.2) is 55.3 Å². The lowest BCUT2D eigenvalue weighted by Crippen LogP contribution is -3.12. The lowest BCUT2D eigenvalue weighted by Gasteiger charge is -2.34. The maximum absolute atomic E-state index is 12.8. The number of aromatic nitrogens is 1. The average Bonchev–Trinajstić information content (AvgIpc) is 3.49. The number of furan rings is 1. The van der Waals surface area contributed by atoms with Crippen molar-refractivity contribution >= 4 is 5.91 Å². The molecule has 31 heavy (non-hydrogen) atoms. The molecule has 7 nitrogen and oxygen atoms in total. The number of quaternary nitrogens is 1. The van der Waals surface area contributed by atoms with Gasteiger partial charge in [0.05, 0.1) is 44.7 Å². The number of ether oxygens (including phenoxy) is 2. The summed E-state index contributed by atoms with van der Waals surface area (Å²) < 4.78 is 19.4. The zero-order chi connectivity index (χ0) is 21.2. The third kappa shape index (κ3) is 3.86. The van der Waals surface area contributed by atoms with Crippen LogP contribution in [0.3, 0.4) is 0 Å². The number of morpholine rings is 1. The highest BCUT2D eigenvalue weighted by molar-refractivity contribution is 5.91. The molecule has 0 radical (unpaired) electrons. The maximum atomic E-state index is 12.8. The van der Waals surface area contributed by atoms with Gasteiger partial charge < -0.3 is 28.3 Å². The zero-order valence-electron chi connectivity index (χ0n) is 17.8. The van der Waals surface area contributed by atoms with Crippen molar-refractivity contribution in [3.05, 3.63) is 77.5 Å². The average molecular weight is 423 g/mol. The van der Waals surface area contributed by atoms with E-state index in [1.165, 1.54) is 10.6 Å². The van der Waals surface area contributed by atoms with Gasteiger partial charge in [-0.3, -0.25) is 4.79 Å². The van der Waals surface area contributed by atoms with Crippen LogP contribution in [0, 0.1) is 0 Å². The number of carbonyl (C=O) groups is 1. The quantitative estimate of drug-likeness (QED) is 0.681. The number of amides is 1. The van der Waals surface area contributed by atoms with Gasteiger partial charge in [-0.25, -0.2) is 0 Å². The number of carbonyl (C=O) groups excluding carboxylic acids is 1. The Morgan fingerprint density at radius 2 is 1.94 bits per heavy atom. The van der Waals surface area contributed by atoms with Crippen LogP contribution in [0.5, 0.6) is 5.75 Å². The molecule has 162 valence electrons. The number of benzene rings is 1. The Labute approximate surface area is 181 Å². The van der Waals surface area contributed by atoms with E-state index in [4.69, 9.17) is 13.9 Å². The third-order valence-electron chi connectivity index (χ3n) is 6.26. The minimum absolute atomic E-state index is 0.0571. The highest BCUT2D eigenvalue weighted by Gasteiger charge is 2.35. The molecule has 2 atom stereocenters. The van der Waals surface area contributed by atoms with Crippen molar-refractivity contribution in [3.63, 3.8) is 0 Å². The Bertz CT molecular complexity index is 1050. The molecule has 1 amide bonds. The lowest BCUT2D eigenvalue weighted by atomic mass is 9.98. The first-order valence-electron chi connectivity index (χ1n) is 10.8. The summed E-state index contributed by atoms with van der Waals surface area (Å²) in [6.45, 7) is 4.98. The summed E-state index contributed by atoms with van der Waals surface area (Å²) in [6.07, 6.45) is 2.14. The summed E-state index contributed by atoms with van der Waals surface area (Å²) in [4.78, 5) is 15.9. The van der Waals surface area contributed by atoms with E-state index >= 15 is 0 Å². The molecule has 0 bridgehead atoms. The number of nitrogens with one attached hydrogen (secondary N) is 1. The second kappa shape index (κ2) is 8.61. The smallest absolute Gasteiger partial charge is 0.289 e. The van der Waals surface area contributed by atoms with E-state index in [2.05, 4.69) is 35.0 Å². The summed E-state index contributed by atoms with van der Waals surface area (Å²) in [5.41, 5.74) is 2.43. The maximum Gasteiger partial charge on any atom is 0.289 e. The largest absolute Gasteiger partial charge is 0.496 e. The third-order valence-corrected chi connectivity index (χ3v) is 6.26. The van der Waals surface area contributed by atoms with E-state index in [-0.39, 0.29) is 11.9 Å². The Morgan fingerprint density at radius 1 is 1.10 bits per heavy atom. The minimum Gasteiger partial charge on any atom is -0.496 e. The predicted octanol–water partition coefficient (Wildman–Crippen LogP) is 1.75. The summed E-state index contributed by atoms with van der Waals surface area (Å²) in [5, 5.41) is 0. The van der Waals surface area contributed by atoms with Crippen molar-refractivity contribution in [2.45, 2.75) is 19.1 Å². The van der Waals surface area contributed by atoms with Gasteiger partial charge in [0.15, 0.2) is 17.6 Å². The fourth-order valence-electron chi connectivity index (χ4n) is 4.72. The van der Waals surface area contributed by atoms with Crippen molar-refractivity contribution in [1.82, 2.24) is 9.47 Å². The zero-order valence-corrected chi connectivity index (χ0v) is 17.8. The fourth-order valence-corrected chi connectivity index (χ4v) is 4.72. The number of fused-ring (bicyclic) bond motifs is 1. The molecule has 0 aliphatic carbocycles. The Morgan fingerprint density at radius 3 is 2.77 bits per heavy atom. The van der Waals surface area contributed by atoms with Crippen LogP contribution < -0.4 is 9.64 Å². The van der Waals surface area contributed by atoms with Gasteiger partial charge in [0.25, 0.3) is 5.91 Å². The van der Waals surface area contributed by atoms with Crippen molar-refractivity contribution < 1.29 is 23.6 Å². The molecule has 1 unspecified atom stereocenters. The van der Waals surface area contributed by atoms with Crippen LogP contribution in [0.15, 0.2) is 59.1 Å².